The standard InChI is InChI=1S/C14H18N2O3S/c1-11-6-7-16(10-14(11)19-2)20(17,18)13-5-3-4-12(8-13)9-15/h3-5,8,11,14H,6-7,10H2,1-2H3. The summed E-state index contributed by atoms with van der Waals surface area (Å²) in [4.78, 5) is 0.168. The van der Waals surface area contributed by atoms with E-state index in [4.69, 9.17) is 10.00 Å². The highest BCUT2D eigenvalue weighted by atomic mass is 32.2. The Hall–Kier alpha value is -1.42. The Morgan fingerprint density at radius 2 is 2.20 bits per heavy atom. The lowest BCUT2D eigenvalue weighted by molar-refractivity contribution is 0.0184. The number of sulfonamides is 1. The Labute approximate surface area is 119 Å². The van der Waals surface area contributed by atoms with Gasteiger partial charge >= 0.3 is 0 Å². The fourth-order valence-electron chi connectivity index (χ4n) is 2.41. The number of rotatable bonds is 3. The molecule has 0 aromatic heterocycles. The van der Waals surface area contributed by atoms with Crippen LogP contribution >= 0.6 is 0 Å². The Morgan fingerprint density at radius 3 is 2.85 bits per heavy atom. The number of ether oxygens (including phenoxy) is 1. The molecule has 2 unspecified atom stereocenters. The second-order valence-electron chi connectivity index (χ2n) is 5.04. The zero-order valence-corrected chi connectivity index (χ0v) is 12.4. The van der Waals surface area contributed by atoms with Crippen LogP contribution in [0.5, 0.6) is 0 Å². The van der Waals surface area contributed by atoms with E-state index < -0.39 is 10.0 Å². The van der Waals surface area contributed by atoms with E-state index in [0.717, 1.165) is 6.42 Å². The van der Waals surface area contributed by atoms with Crippen LogP contribution in [-0.4, -0.2) is 39.0 Å². The van der Waals surface area contributed by atoms with E-state index in [-0.39, 0.29) is 11.0 Å². The molecule has 20 heavy (non-hydrogen) atoms. The highest BCUT2D eigenvalue weighted by Crippen LogP contribution is 2.25. The third-order valence-electron chi connectivity index (χ3n) is 3.76. The van der Waals surface area contributed by atoms with E-state index in [2.05, 4.69) is 6.92 Å². The van der Waals surface area contributed by atoms with Crippen molar-refractivity contribution >= 4 is 10.0 Å². The highest BCUT2D eigenvalue weighted by Gasteiger charge is 2.33. The van der Waals surface area contributed by atoms with Crippen LogP contribution < -0.4 is 0 Å². The van der Waals surface area contributed by atoms with Crippen LogP contribution in [0.3, 0.4) is 0 Å². The summed E-state index contributed by atoms with van der Waals surface area (Å²) in [5.74, 6) is 0.344. The van der Waals surface area contributed by atoms with Crippen molar-refractivity contribution in [2.24, 2.45) is 5.92 Å². The number of hydrogen-bond donors (Lipinski definition) is 0. The zero-order valence-electron chi connectivity index (χ0n) is 11.6. The highest BCUT2D eigenvalue weighted by molar-refractivity contribution is 7.89. The summed E-state index contributed by atoms with van der Waals surface area (Å²) >= 11 is 0. The van der Waals surface area contributed by atoms with Crippen molar-refractivity contribution in [3.8, 4) is 6.07 Å². The van der Waals surface area contributed by atoms with Crippen molar-refractivity contribution < 1.29 is 13.2 Å². The Kier molecular flexibility index (Phi) is 4.43. The predicted molar refractivity (Wildman–Crippen MR) is 74.5 cm³/mol. The number of methoxy groups -OCH3 is 1. The van der Waals surface area contributed by atoms with Gasteiger partial charge in [-0.2, -0.15) is 9.57 Å². The largest absolute Gasteiger partial charge is 0.380 e. The molecule has 108 valence electrons. The fourth-order valence-corrected chi connectivity index (χ4v) is 3.92. The molecule has 0 spiro atoms. The summed E-state index contributed by atoms with van der Waals surface area (Å²) in [5.41, 5.74) is 0.347. The molecule has 1 aromatic rings. The summed E-state index contributed by atoms with van der Waals surface area (Å²) in [6, 6.07) is 8.08. The third-order valence-corrected chi connectivity index (χ3v) is 5.62. The van der Waals surface area contributed by atoms with Crippen molar-refractivity contribution in [1.29, 1.82) is 5.26 Å². The molecule has 1 saturated heterocycles. The molecule has 5 nitrogen and oxygen atoms in total. The van der Waals surface area contributed by atoms with Crippen molar-refractivity contribution in [1.82, 2.24) is 4.31 Å². The Bertz CT molecular complexity index is 622. The zero-order chi connectivity index (χ0) is 14.8. The summed E-state index contributed by atoms with van der Waals surface area (Å²) in [6.07, 6.45) is 0.688. The summed E-state index contributed by atoms with van der Waals surface area (Å²) < 4.78 is 32.0. The molecule has 6 heteroatoms. The van der Waals surface area contributed by atoms with Crippen molar-refractivity contribution in [2.45, 2.75) is 24.3 Å². The number of piperidine rings is 1. The van der Waals surface area contributed by atoms with Gasteiger partial charge in [-0.25, -0.2) is 8.42 Å². The van der Waals surface area contributed by atoms with Crippen molar-refractivity contribution in [2.75, 3.05) is 20.2 Å². The van der Waals surface area contributed by atoms with Gasteiger partial charge < -0.3 is 4.74 Å². The lowest BCUT2D eigenvalue weighted by Gasteiger charge is -2.35. The first-order valence-electron chi connectivity index (χ1n) is 6.52. The van der Waals surface area contributed by atoms with Crippen LogP contribution in [0.15, 0.2) is 29.2 Å². The van der Waals surface area contributed by atoms with Gasteiger partial charge in [0.25, 0.3) is 0 Å². The molecular weight excluding hydrogens is 276 g/mol. The number of hydrogen-bond acceptors (Lipinski definition) is 4. The minimum Gasteiger partial charge on any atom is -0.380 e. The van der Waals surface area contributed by atoms with Crippen LogP contribution in [-0.2, 0) is 14.8 Å². The van der Waals surface area contributed by atoms with Crippen LogP contribution in [0, 0.1) is 17.2 Å². The van der Waals surface area contributed by atoms with Gasteiger partial charge in [0.15, 0.2) is 0 Å². The number of nitriles is 1. The molecule has 2 atom stereocenters. The van der Waals surface area contributed by atoms with E-state index in [0.29, 0.717) is 24.6 Å². The minimum atomic E-state index is -3.56. The van der Waals surface area contributed by atoms with Crippen LogP contribution in [0.25, 0.3) is 0 Å². The molecule has 0 radical (unpaired) electrons. The van der Waals surface area contributed by atoms with E-state index in [1.807, 2.05) is 6.07 Å². The fraction of sp³-hybridized carbons (Fsp3) is 0.500. The molecule has 2 rings (SSSR count). The summed E-state index contributed by atoms with van der Waals surface area (Å²) in [5, 5.41) is 8.87. The van der Waals surface area contributed by atoms with Gasteiger partial charge in [-0.1, -0.05) is 13.0 Å². The second kappa shape index (κ2) is 5.92. The lowest BCUT2D eigenvalue weighted by Crippen LogP contribution is -2.46. The van der Waals surface area contributed by atoms with Crippen molar-refractivity contribution in [3.05, 3.63) is 29.8 Å². The molecule has 1 aliphatic rings. The minimum absolute atomic E-state index is 0.0855. The first-order chi connectivity index (χ1) is 9.48. The average Bonchev–Trinajstić information content (AvgIpc) is 2.47. The molecule has 0 saturated carbocycles. The SMILES string of the molecule is COC1CN(S(=O)(=O)c2cccc(C#N)c2)CCC1C. The molecule has 0 bridgehead atoms. The molecule has 0 N–H and O–H groups in total. The van der Waals surface area contributed by atoms with Crippen LogP contribution in [0.4, 0.5) is 0 Å². The topological polar surface area (TPSA) is 70.4 Å². The molecule has 1 aliphatic heterocycles. The normalized spacial score (nSPS) is 24.2. The number of benzene rings is 1. The van der Waals surface area contributed by atoms with Crippen molar-refractivity contribution in [3.63, 3.8) is 0 Å². The maximum atomic E-state index is 12.6. The van der Waals surface area contributed by atoms with Crippen LogP contribution in [0.2, 0.25) is 0 Å². The molecule has 0 aliphatic carbocycles. The van der Waals surface area contributed by atoms with Gasteiger partial charge in [-0.05, 0) is 30.5 Å². The molecule has 1 aromatic carbocycles. The van der Waals surface area contributed by atoms with Gasteiger partial charge in [0.2, 0.25) is 10.0 Å². The molecule has 0 amide bonds. The van der Waals surface area contributed by atoms with E-state index in [9.17, 15) is 8.42 Å². The Morgan fingerprint density at radius 1 is 1.45 bits per heavy atom. The smallest absolute Gasteiger partial charge is 0.243 e. The second-order valence-corrected chi connectivity index (χ2v) is 6.98. The maximum Gasteiger partial charge on any atom is 0.243 e. The van der Waals surface area contributed by atoms with Gasteiger partial charge in [0.05, 0.1) is 22.6 Å². The average molecular weight is 294 g/mol. The van der Waals surface area contributed by atoms with Gasteiger partial charge in [-0.3, -0.25) is 0 Å². The maximum absolute atomic E-state index is 12.6. The molecule has 1 fully saturated rings. The first-order valence-corrected chi connectivity index (χ1v) is 7.96. The third kappa shape index (κ3) is 2.85. The van der Waals surface area contributed by atoms with E-state index in [1.165, 1.54) is 16.4 Å². The lowest BCUT2D eigenvalue weighted by atomic mass is 9.97. The van der Waals surface area contributed by atoms with E-state index >= 15 is 0 Å². The van der Waals surface area contributed by atoms with Crippen LogP contribution in [0.1, 0.15) is 18.9 Å². The van der Waals surface area contributed by atoms with E-state index in [1.54, 1.807) is 19.2 Å². The predicted octanol–water partition coefficient (Wildman–Crippen LogP) is 1.60. The molecular formula is C14H18N2O3S. The quantitative estimate of drug-likeness (QED) is 0.849. The molecule has 1 heterocycles. The van der Waals surface area contributed by atoms with Gasteiger partial charge in [0, 0.05) is 20.2 Å². The van der Waals surface area contributed by atoms with Gasteiger partial charge in [0.1, 0.15) is 0 Å². The van der Waals surface area contributed by atoms with Gasteiger partial charge in [-0.15, -0.1) is 0 Å². The summed E-state index contributed by atoms with van der Waals surface area (Å²) in [7, 11) is -1.95. The first kappa shape index (κ1) is 15.0. The monoisotopic (exact) mass is 294 g/mol. The Balaban J connectivity index is 2.28. The summed E-state index contributed by atoms with van der Waals surface area (Å²) in [6.45, 7) is 2.91. The number of nitrogens with zero attached hydrogens (tertiary/aromatic N) is 2.